The van der Waals surface area contributed by atoms with Crippen molar-refractivity contribution in [2.24, 2.45) is 0 Å². The van der Waals surface area contributed by atoms with Gasteiger partial charge in [0, 0.05) is 5.56 Å². The van der Waals surface area contributed by atoms with Crippen LogP contribution in [0.15, 0.2) is 36.9 Å². The number of nitrogens with zero attached hydrogens (tertiary/aromatic N) is 3. The number of carbonyl (C=O) groups excluding carboxylic acids is 1. The SMILES string of the molecule is CCCC[C@H](NC(=O)c1ccccc1Cn1cncn1)C(=O)O. The van der Waals surface area contributed by atoms with E-state index in [1.54, 1.807) is 23.1 Å². The Labute approximate surface area is 134 Å². The summed E-state index contributed by atoms with van der Waals surface area (Å²) in [4.78, 5) is 27.6. The van der Waals surface area contributed by atoms with Crippen LogP contribution in [0.3, 0.4) is 0 Å². The number of hydrogen-bond acceptors (Lipinski definition) is 4. The molecule has 1 amide bonds. The highest BCUT2D eigenvalue weighted by Gasteiger charge is 2.21. The van der Waals surface area contributed by atoms with Crippen LogP contribution in [-0.4, -0.2) is 37.8 Å². The first-order chi connectivity index (χ1) is 11.1. The predicted octanol–water partition coefficient (Wildman–Crippen LogP) is 1.70. The van der Waals surface area contributed by atoms with Gasteiger partial charge in [-0.25, -0.2) is 14.5 Å². The van der Waals surface area contributed by atoms with E-state index < -0.39 is 12.0 Å². The Balaban J connectivity index is 2.13. The number of carbonyl (C=O) groups is 2. The first-order valence-electron chi connectivity index (χ1n) is 7.55. The maximum absolute atomic E-state index is 12.5. The third kappa shape index (κ3) is 4.64. The summed E-state index contributed by atoms with van der Waals surface area (Å²) in [5, 5.41) is 15.9. The molecule has 2 aromatic rings. The molecule has 1 aromatic carbocycles. The van der Waals surface area contributed by atoms with Gasteiger partial charge in [-0.1, -0.05) is 38.0 Å². The van der Waals surface area contributed by atoms with E-state index in [0.29, 0.717) is 18.5 Å². The molecule has 0 saturated heterocycles. The molecule has 122 valence electrons. The standard InChI is InChI=1S/C16H20N4O3/c1-2-3-8-14(16(22)23)19-15(21)13-7-5-4-6-12(13)9-20-11-17-10-18-20/h4-7,10-11,14H,2-3,8-9H2,1H3,(H,19,21)(H,22,23)/t14-/m0/s1. The van der Waals surface area contributed by atoms with Crippen molar-refractivity contribution in [3.8, 4) is 0 Å². The van der Waals surface area contributed by atoms with E-state index in [2.05, 4.69) is 15.4 Å². The third-order valence-electron chi connectivity index (χ3n) is 3.51. The summed E-state index contributed by atoms with van der Waals surface area (Å²) in [5.74, 6) is -1.40. The van der Waals surface area contributed by atoms with Gasteiger partial charge in [-0.3, -0.25) is 4.79 Å². The van der Waals surface area contributed by atoms with Crippen LogP contribution in [-0.2, 0) is 11.3 Å². The Morgan fingerprint density at radius 2 is 2.13 bits per heavy atom. The molecule has 1 heterocycles. The molecule has 2 N–H and O–H groups in total. The molecule has 0 unspecified atom stereocenters. The summed E-state index contributed by atoms with van der Waals surface area (Å²) in [6.07, 6.45) is 5.03. The predicted molar refractivity (Wildman–Crippen MR) is 84.0 cm³/mol. The summed E-state index contributed by atoms with van der Waals surface area (Å²) < 4.78 is 1.61. The minimum Gasteiger partial charge on any atom is -0.480 e. The fourth-order valence-electron chi connectivity index (χ4n) is 2.27. The molecule has 0 saturated carbocycles. The Morgan fingerprint density at radius 3 is 2.78 bits per heavy atom. The fraction of sp³-hybridized carbons (Fsp3) is 0.375. The van der Waals surface area contributed by atoms with Crippen molar-refractivity contribution in [2.45, 2.75) is 38.8 Å². The Bertz CT molecular complexity index is 655. The summed E-state index contributed by atoms with van der Waals surface area (Å²) in [7, 11) is 0. The Hall–Kier alpha value is -2.70. The molecule has 0 aliphatic carbocycles. The highest BCUT2D eigenvalue weighted by Crippen LogP contribution is 2.11. The normalized spacial score (nSPS) is 11.9. The van der Waals surface area contributed by atoms with Crippen molar-refractivity contribution in [1.29, 1.82) is 0 Å². The number of aromatic nitrogens is 3. The van der Waals surface area contributed by atoms with Crippen LogP contribution in [0.1, 0.15) is 42.1 Å². The maximum atomic E-state index is 12.5. The van der Waals surface area contributed by atoms with Gasteiger partial charge in [0.15, 0.2) is 0 Å². The van der Waals surface area contributed by atoms with Crippen molar-refractivity contribution < 1.29 is 14.7 Å². The molecule has 0 aliphatic heterocycles. The molecule has 23 heavy (non-hydrogen) atoms. The van der Waals surface area contributed by atoms with Crippen LogP contribution in [0.5, 0.6) is 0 Å². The molecule has 7 heteroatoms. The molecule has 0 radical (unpaired) electrons. The third-order valence-corrected chi connectivity index (χ3v) is 3.51. The van der Waals surface area contributed by atoms with Crippen LogP contribution in [0.2, 0.25) is 0 Å². The van der Waals surface area contributed by atoms with Crippen molar-refractivity contribution >= 4 is 11.9 Å². The van der Waals surface area contributed by atoms with Gasteiger partial charge in [-0.05, 0) is 18.1 Å². The molecule has 0 spiro atoms. The van der Waals surface area contributed by atoms with Gasteiger partial charge in [0.1, 0.15) is 18.7 Å². The van der Waals surface area contributed by atoms with Crippen LogP contribution in [0.4, 0.5) is 0 Å². The molecule has 1 aromatic heterocycles. The lowest BCUT2D eigenvalue weighted by atomic mass is 10.1. The lowest BCUT2D eigenvalue weighted by Gasteiger charge is -2.16. The first kappa shape index (κ1) is 16.7. The smallest absolute Gasteiger partial charge is 0.326 e. The second-order valence-corrected chi connectivity index (χ2v) is 5.26. The highest BCUT2D eigenvalue weighted by atomic mass is 16.4. The lowest BCUT2D eigenvalue weighted by molar-refractivity contribution is -0.139. The fourth-order valence-corrected chi connectivity index (χ4v) is 2.27. The van der Waals surface area contributed by atoms with Gasteiger partial charge in [0.25, 0.3) is 5.91 Å². The molecule has 0 fully saturated rings. The number of rotatable bonds is 8. The van der Waals surface area contributed by atoms with Crippen molar-refractivity contribution in [2.75, 3.05) is 0 Å². The van der Waals surface area contributed by atoms with E-state index >= 15 is 0 Å². The number of carboxylic acids is 1. The van der Waals surface area contributed by atoms with Gasteiger partial charge in [-0.15, -0.1) is 0 Å². The van der Waals surface area contributed by atoms with E-state index in [1.807, 2.05) is 19.1 Å². The van der Waals surface area contributed by atoms with E-state index in [0.717, 1.165) is 18.4 Å². The van der Waals surface area contributed by atoms with Gasteiger partial charge in [0.05, 0.1) is 6.54 Å². The Kier molecular flexibility index (Phi) is 5.85. The van der Waals surface area contributed by atoms with Gasteiger partial charge in [0.2, 0.25) is 0 Å². The minimum absolute atomic E-state index is 0.385. The van der Waals surface area contributed by atoms with Crippen molar-refractivity contribution in [1.82, 2.24) is 20.1 Å². The van der Waals surface area contributed by atoms with E-state index in [-0.39, 0.29) is 5.91 Å². The van der Waals surface area contributed by atoms with Gasteiger partial charge >= 0.3 is 5.97 Å². The van der Waals surface area contributed by atoms with Crippen molar-refractivity contribution in [3.63, 3.8) is 0 Å². The zero-order valence-corrected chi connectivity index (χ0v) is 13.0. The summed E-state index contributed by atoms with van der Waals surface area (Å²) in [6, 6.07) is 6.21. The van der Waals surface area contributed by atoms with Gasteiger partial charge < -0.3 is 10.4 Å². The van der Waals surface area contributed by atoms with Crippen LogP contribution in [0, 0.1) is 0 Å². The second kappa shape index (κ2) is 8.07. The zero-order valence-electron chi connectivity index (χ0n) is 13.0. The minimum atomic E-state index is -1.01. The summed E-state index contributed by atoms with van der Waals surface area (Å²) in [6.45, 7) is 2.38. The second-order valence-electron chi connectivity index (χ2n) is 5.26. The lowest BCUT2D eigenvalue weighted by Crippen LogP contribution is -2.41. The summed E-state index contributed by atoms with van der Waals surface area (Å²) >= 11 is 0. The number of unbranched alkanes of at least 4 members (excludes halogenated alkanes) is 1. The van der Waals surface area contributed by atoms with E-state index in [4.69, 9.17) is 0 Å². The number of nitrogens with one attached hydrogen (secondary N) is 1. The zero-order chi connectivity index (χ0) is 16.7. The molecule has 0 bridgehead atoms. The molecule has 1 atom stereocenters. The van der Waals surface area contributed by atoms with Crippen LogP contribution < -0.4 is 5.32 Å². The Morgan fingerprint density at radius 1 is 1.35 bits per heavy atom. The topological polar surface area (TPSA) is 97.1 Å². The molecule has 0 aliphatic rings. The number of carboxylic acid groups (broad SMARTS) is 1. The number of amides is 1. The largest absolute Gasteiger partial charge is 0.480 e. The maximum Gasteiger partial charge on any atom is 0.326 e. The number of aliphatic carboxylic acids is 1. The summed E-state index contributed by atoms with van der Waals surface area (Å²) in [5.41, 5.74) is 1.21. The van der Waals surface area contributed by atoms with Gasteiger partial charge in [-0.2, -0.15) is 5.10 Å². The molecule has 7 nitrogen and oxygen atoms in total. The van der Waals surface area contributed by atoms with E-state index in [9.17, 15) is 14.7 Å². The molecular weight excluding hydrogens is 296 g/mol. The molecule has 2 rings (SSSR count). The monoisotopic (exact) mass is 316 g/mol. The highest BCUT2D eigenvalue weighted by molar-refractivity contribution is 5.97. The van der Waals surface area contributed by atoms with Crippen LogP contribution in [0.25, 0.3) is 0 Å². The average molecular weight is 316 g/mol. The molecular formula is C16H20N4O3. The average Bonchev–Trinajstić information content (AvgIpc) is 3.04. The number of hydrogen-bond donors (Lipinski definition) is 2. The first-order valence-corrected chi connectivity index (χ1v) is 7.55. The van der Waals surface area contributed by atoms with Crippen LogP contribution >= 0.6 is 0 Å². The number of benzene rings is 1. The van der Waals surface area contributed by atoms with E-state index in [1.165, 1.54) is 6.33 Å². The quantitative estimate of drug-likeness (QED) is 0.772. The van der Waals surface area contributed by atoms with Crippen molar-refractivity contribution in [3.05, 3.63) is 48.0 Å².